The fourth-order valence-corrected chi connectivity index (χ4v) is 3.13. The van der Waals surface area contributed by atoms with E-state index in [2.05, 4.69) is 10.6 Å². The van der Waals surface area contributed by atoms with Crippen molar-refractivity contribution in [1.29, 1.82) is 0 Å². The number of rotatable bonds is 7. The van der Waals surface area contributed by atoms with E-state index in [-0.39, 0.29) is 5.91 Å². The normalized spacial score (nSPS) is 13.3. The molecule has 3 rings (SSSR count). The molecule has 1 aliphatic heterocycles. The van der Waals surface area contributed by atoms with E-state index in [0.29, 0.717) is 29.2 Å². The predicted molar refractivity (Wildman–Crippen MR) is 107 cm³/mol. The van der Waals surface area contributed by atoms with Gasteiger partial charge in [-0.3, -0.25) is 14.4 Å². The van der Waals surface area contributed by atoms with Crippen molar-refractivity contribution in [2.45, 2.75) is 32.2 Å². The van der Waals surface area contributed by atoms with Crippen LogP contribution in [0, 0.1) is 0 Å². The smallest absolute Gasteiger partial charge is 0.318 e. The average Bonchev–Trinajstić information content (AvgIpc) is 2.73. The molecule has 7 nitrogen and oxygen atoms in total. The van der Waals surface area contributed by atoms with Crippen LogP contribution < -0.4 is 15.4 Å². The third-order valence-electron chi connectivity index (χ3n) is 4.58. The Kier molecular flexibility index (Phi) is 6.49. The number of benzene rings is 2. The maximum atomic E-state index is 12.9. The Bertz CT molecular complexity index is 866. The van der Waals surface area contributed by atoms with Crippen LogP contribution in [0.5, 0.6) is 11.5 Å². The van der Waals surface area contributed by atoms with Crippen LogP contribution in [0.4, 0.5) is 0 Å². The number of nitrogens with one attached hydrogen (secondary N) is 2. The molecular weight excluding hydrogens is 372 g/mol. The molecule has 1 heterocycles. The monoisotopic (exact) mass is 396 g/mol. The topological polar surface area (TPSA) is 93.7 Å². The van der Waals surface area contributed by atoms with E-state index in [1.165, 1.54) is 0 Å². The molecule has 2 aromatic rings. The highest BCUT2D eigenvalue weighted by Crippen LogP contribution is 2.44. The molecule has 0 unspecified atom stereocenters. The molecule has 2 aromatic carbocycles. The summed E-state index contributed by atoms with van der Waals surface area (Å²) in [6, 6.07) is 13.8. The largest absolute Gasteiger partial charge is 0.457 e. The first-order chi connectivity index (χ1) is 14.0. The zero-order chi connectivity index (χ0) is 20.8. The van der Waals surface area contributed by atoms with Crippen molar-refractivity contribution in [3.8, 4) is 11.5 Å². The highest BCUT2D eigenvalue weighted by atomic mass is 16.5. The molecule has 0 spiro atoms. The van der Waals surface area contributed by atoms with E-state index in [1.807, 2.05) is 31.2 Å². The molecule has 0 radical (unpaired) electrons. The highest BCUT2D eigenvalue weighted by Gasteiger charge is 2.34. The van der Waals surface area contributed by atoms with Gasteiger partial charge in [0.1, 0.15) is 23.5 Å². The minimum Gasteiger partial charge on any atom is -0.457 e. The van der Waals surface area contributed by atoms with Gasteiger partial charge in [0.25, 0.3) is 5.91 Å². The van der Waals surface area contributed by atoms with Crippen LogP contribution in [0.3, 0.4) is 0 Å². The van der Waals surface area contributed by atoms with Crippen molar-refractivity contribution in [3.05, 3.63) is 59.7 Å². The lowest BCUT2D eigenvalue weighted by Crippen LogP contribution is -2.46. The van der Waals surface area contributed by atoms with Gasteiger partial charge in [-0.2, -0.15) is 0 Å². The molecule has 0 bridgehead atoms. The molecule has 152 valence electrons. The van der Waals surface area contributed by atoms with Crippen LogP contribution >= 0.6 is 0 Å². The van der Waals surface area contributed by atoms with Crippen LogP contribution in [-0.4, -0.2) is 37.0 Å². The number of carbonyl (C=O) groups is 3. The molecule has 7 heteroatoms. The van der Waals surface area contributed by atoms with Crippen molar-refractivity contribution >= 4 is 17.8 Å². The van der Waals surface area contributed by atoms with E-state index in [1.54, 1.807) is 31.2 Å². The Morgan fingerprint density at radius 2 is 1.62 bits per heavy atom. The second kappa shape index (κ2) is 9.23. The predicted octanol–water partition coefficient (Wildman–Crippen LogP) is 2.50. The van der Waals surface area contributed by atoms with E-state index < -0.39 is 30.4 Å². The van der Waals surface area contributed by atoms with Crippen molar-refractivity contribution in [2.75, 3.05) is 13.2 Å². The fraction of sp³-hybridized carbons (Fsp3) is 0.318. The number of ether oxygens (including phenoxy) is 2. The minimum atomic E-state index is -0.711. The molecule has 0 aromatic heterocycles. The standard InChI is InChI=1S/C22H24N2O5/c1-3-12-23-21(26)14(2)24-19(25)13-28-22(27)20-15-8-4-6-10-17(15)29-18-11-7-5-9-16(18)20/h4-11,14,20H,3,12-13H2,1-2H3,(H,23,26)(H,24,25)/t14-/m0/s1. The molecule has 1 atom stereocenters. The number of hydrogen-bond donors (Lipinski definition) is 2. The summed E-state index contributed by atoms with van der Waals surface area (Å²) in [7, 11) is 0. The first-order valence-corrected chi connectivity index (χ1v) is 9.60. The van der Waals surface area contributed by atoms with E-state index in [9.17, 15) is 14.4 Å². The number of esters is 1. The van der Waals surface area contributed by atoms with Gasteiger partial charge in [-0.15, -0.1) is 0 Å². The molecule has 1 aliphatic rings. The summed E-state index contributed by atoms with van der Waals surface area (Å²) in [6.07, 6.45) is 0.804. The third kappa shape index (κ3) is 4.74. The van der Waals surface area contributed by atoms with Gasteiger partial charge in [0.2, 0.25) is 5.91 Å². The average molecular weight is 396 g/mol. The van der Waals surface area contributed by atoms with Gasteiger partial charge in [-0.1, -0.05) is 43.3 Å². The Morgan fingerprint density at radius 3 is 2.21 bits per heavy atom. The summed E-state index contributed by atoms with van der Waals surface area (Å²) in [6.45, 7) is 3.59. The lowest BCUT2D eigenvalue weighted by atomic mass is 9.88. The number of carbonyl (C=O) groups excluding carboxylic acids is 3. The van der Waals surface area contributed by atoms with E-state index in [4.69, 9.17) is 9.47 Å². The van der Waals surface area contributed by atoms with Crippen molar-refractivity contribution in [1.82, 2.24) is 10.6 Å². The van der Waals surface area contributed by atoms with Gasteiger partial charge < -0.3 is 20.1 Å². The fourth-order valence-electron chi connectivity index (χ4n) is 3.13. The number of para-hydroxylation sites is 2. The molecule has 29 heavy (non-hydrogen) atoms. The lowest BCUT2D eigenvalue weighted by molar-refractivity contribution is -0.149. The van der Waals surface area contributed by atoms with Crippen LogP contribution in [-0.2, 0) is 19.1 Å². The molecule has 2 amide bonds. The van der Waals surface area contributed by atoms with Gasteiger partial charge in [-0.25, -0.2) is 0 Å². The Balaban J connectivity index is 1.65. The number of hydrogen-bond acceptors (Lipinski definition) is 5. The van der Waals surface area contributed by atoms with Gasteiger partial charge in [0, 0.05) is 17.7 Å². The summed E-state index contributed by atoms with van der Waals surface area (Å²) in [5.41, 5.74) is 1.37. The molecule has 0 saturated carbocycles. The van der Waals surface area contributed by atoms with E-state index >= 15 is 0 Å². The van der Waals surface area contributed by atoms with Crippen LogP contribution in [0.25, 0.3) is 0 Å². The summed E-state index contributed by atoms with van der Waals surface area (Å²) in [5.74, 6) is -0.886. The summed E-state index contributed by atoms with van der Waals surface area (Å²) in [4.78, 5) is 36.8. The van der Waals surface area contributed by atoms with Gasteiger partial charge in [0.05, 0.1) is 0 Å². The molecule has 2 N–H and O–H groups in total. The summed E-state index contributed by atoms with van der Waals surface area (Å²) >= 11 is 0. The zero-order valence-corrected chi connectivity index (χ0v) is 16.4. The summed E-state index contributed by atoms with van der Waals surface area (Å²) < 4.78 is 11.1. The van der Waals surface area contributed by atoms with E-state index in [0.717, 1.165) is 6.42 Å². The van der Waals surface area contributed by atoms with Crippen LogP contribution in [0.2, 0.25) is 0 Å². The molecule has 0 saturated heterocycles. The van der Waals surface area contributed by atoms with Crippen LogP contribution in [0.1, 0.15) is 37.3 Å². The SMILES string of the molecule is CCCNC(=O)[C@H](C)NC(=O)COC(=O)C1c2ccccc2Oc2ccccc21. The second-order valence-corrected chi connectivity index (χ2v) is 6.80. The Hall–Kier alpha value is -3.35. The van der Waals surface area contributed by atoms with Gasteiger partial charge in [0.15, 0.2) is 6.61 Å². The van der Waals surface area contributed by atoms with Crippen molar-refractivity contribution in [3.63, 3.8) is 0 Å². The first kappa shape index (κ1) is 20.4. The van der Waals surface area contributed by atoms with Gasteiger partial charge >= 0.3 is 5.97 Å². The Labute approximate surface area is 169 Å². The zero-order valence-electron chi connectivity index (χ0n) is 16.4. The maximum absolute atomic E-state index is 12.9. The number of fused-ring (bicyclic) bond motifs is 2. The Morgan fingerprint density at radius 1 is 1.03 bits per heavy atom. The third-order valence-corrected chi connectivity index (χ3v) is 4.58. The quantitative estimate of drug-likeness (QED) is 0.702. The lowest BCUT2D eigenvalue weighted by Gasteiger charge is -2.26. The number of amides is 2. The summed E-state index contributed by atoms with van der Waals surface area (Å²) in [5, 5.41) is 5.23. The minimum absolute atomic E-state index is 0.279. The molecule has 0 fully saturated rings. The van der Waals surface area contributed by atoms with Gasteiger partial charge in [-0.05, 0) is 25.5 Å². The molecular formula is C22H24N2O5. The second-order valence-electron chi connectivity index (χ2n) is 6.80. The molecule has 0 aliphatic carbocycles. The maximum Gasteiger partial charge on any atom is 0.318 e. The first-order valence-electron chi connectivity index (χ1n) is 9.60. The van der Waals surface area contributed by atoms with Crippen molar-refractivity contribution < 1.29 is 23.9 Å². The van der Waals surface area contributed by atoms with Crippen LogP contribution in [0.15, 0.2) is 48.5 Å². The highest BCUT2D eigenvalue weighted by molar-refractivity contribution is 5.90. The van der Waals surface area contributed by atoms with Crippen molar-refractivity contribution in [2.24, 2.45) is 0 Å².